The second-order valence-electron chi connectivity index (χ2n) is 5.38. The van der Waals surface area contributed by atoms with Gasteiger partial charge in [-0.2, -0.15) is 0 Å². The van der Waals surface area contributed by atoms with Gasteiger partial charge in [-0.3, -0.25) is 0 Å². The predicted molar refractivity (Wildman–Crippen MR) is 84.4 cm³/mol. The lowest BCUT2D eigenvalue weighted by Gasteiger charge is -2.21. The summed E-state index contributed by atoms with van der Waals surface area (Å²) in [6.07, 6.45) is 3.90. The van der Waals surface area contributed by atoms with Gasteiger partial charge in [0.15, 0.2) is 11.5 Å². The maximum absolute atomic E-state index is 10.3. The van der Waals surface area contributed by atoms with Crippen molar-refractivity contribution in [2.75, 3.05) is 14.2 Å². The third kappa shape index (κ3) is 2.54. The first-order chi connectivity index (χ1) is 11.4. The molecule has 4 N–H and O–H groups in total. The van der Waals surface area contributed by atoms with E-state index in [0.717, 1.165) is 0 Å². The smallest absolute Gasteiger partial charge is 0.392 e. The fourth-order valence-corrected chi connectivity index (χ4v) is 2.74. The van der Waals surface area contributed by atoms with Gasteiger partial charge in [0, 0.05) is 18.2 Å². The van der Waals surface area contributed by atoms with Crippen LogP contribution in [0, 0.1) is 5.92 Å². The van der Waals surface area contributed by atoms with Crippen molar-refractivity contribution < 1.29 is 34.3 Å². The first-order valence-corrected chi connectivity index (χ1v) is 7.16. The van der Waals surface area contributed by atoms with E-state index in [1.165, 1.54) is 44.6 Å². The predicted octanol–water partition coefficient (Wildman–Crippen LogP) is 2.25. The standard InChI is InChI=1S/C17H16O7/c1-22-13-5-9(18)6-14-10(13)7-12(20)17(24-14)8-3-11(19)16(21)15(4-8)23-2/h3-7,10,14H,1-2H3,(H3-,18,19,20,21)/p+1. The van der Waals surface area contributed by atoms with Crippen LogP contribution < -0.4 is 4.74 Å². The number of benzene rings is 1. The number of fused-ring (bicyclic) bond motifs is 1. The number of methoxy groups -OCH3 is 2. The molecule has 0 fully saturated rings. The van der Waals surface area contributed by atoms with Gasteiger partial charge in [0.25, 0.3) is 0 Å². The number of aromatic hydroxyl groups is 2. The fraction of sp³-hybridized carbons (Fsp3) is 0.235. The number of phenols is 2. The Morgan fingerprint density at radius 3 is 2.42 bits per heavy atom. The lowest BCUT2D eigenvalue weighted by atomic mass is 9.90. The minimum absolute atomic E-state index is 0.00614. The van der Waals surface area contributed by atoms with E-state index in [9.17, 15) is 20.4 Å². The molecule has 1 aromatic carbocycles. The highest BCUT2D eigenvalue weighted by atomic mass is 16.5. The number of hydrogen-bond donors (Lipinski definition) is 4. The summed E-state index contributed by atoms with van der Waals surface area (Å²) in [5, 5.41) is 39.6. The summed E-state index contributed by atoms with van der Waals surface area (Å²) >= 11 is 0. The summed E-state index contributed by atoms with van der Waals surface area (Å²) in [5.41, 5.74) is 0.316. The third-order valence-corrected chi connectivity index (χ3v) is 3.90. The highest BCUT2D eigenvalue weighted by molar-refractivity contribution is 6.08. The monoisotopic (exact) mass is 333 g/mol. The van der Waals surface area contributed by atoms with Gasteiger partial charge in [0.2, 0.25) is 11.5 Å². The molecule has 1 aliphatic heterocycles. The first-order valence-electron chi connectivity index (χ1n) is 7.16. The fourth-order valence-electron chi connectivity index (χ4n) is 2.74. The Balaban J connectivity index is 2.06. The van der Waals surface area contributed by atoms with E-state index in [4.69, 9.17) is 13.9 Å². The summed E-state index contributed by atoms with van der Waals surface area (Å²) in [4.78, 5) is 0. The van der Waals surface area contributed by atoms with Gasteiger partial charge in [-0.25, -0.2) is 4.42 Å². The van der Waals surface area contributed by atoms with E-state index < -0.39 is 17.6 Å². The zero-order chi connectivity index (χ0) is 17.4. The SMILES string of the molecule is COC1=CC(O)=CC2[O+]=C(c3cc(O)c(O)c(OC)c3)C(O)=CC12. The van der Waals surface area contributed by atoms with Gasteiger partial charge < -0.3 is 29.9 Å². The molecule has 126 valence electrons. The van der Waals surface area contributed by atoms with E-state index in [-0.39, 0.29) is 29.0 Å². The van der Waals surface area contributed by atoms with Crippen molar-refractivity contribution in [3.63, 3.8) is 0 Å². The number of hydrogen-bond acceptors (Lipinski definition) is 6. The van der Waals surface area contributed by atoms with Crippen LogP contribution in [0.2, 0.25) is 0 Å². The number of phenolic OH excluding ortho intramolecular Hbond substituents is 2. The zero-order valence-corrected chi connectivity index (χ0v) is 13.1. The van der Waals surface area contributed by atoms with Gasteiger partial charge in [-0.1, -0.05) is 0 Å². The second-order valence-corrected chi connectivity index (χ2v) is 5.38. The molecule has 0 saturated carbocycles. The Kier molecular flexibility index (Phi) is 3.84. The van der Waals surface area contributed by atoms with Crippen LogP contribution in [0.25, 0.3) is 0 Å². The molecule has 0 radical (unpaired) electrons. The molecule has 7 heteroatoms. The Morgan fingerprint density at radius 1 is 1.00 bits per heavy atom. The highest BCUT2D eigenvalue weighted by Crippen LogP contribution is 2.38. The average Bonchev–Trinajstić information content (AvgIpc) is 2.56. The van der Waals surface area contributed by atoms with Crippen LogP contribution in [0.5, 0.6) is 17.2 Å². The summed E-state index contributed by atoms with van der Waals surface area (Å²) in [7, 11) is 2.81. The second kappa shape index (κ2) is 5.84. The Bertz CT molecular complexity index is 801. The molecule has 2 unspecified atom stereocenters. The van der Waals surface area contributed by atoms with Crippen LogP contribution in [0.15, 0.2) is 47.6 Å². The number of rotatable bonds is 3. The number of carbonyl (C=O) groups excluding carboxylic acids is 1. The molecule has 0 saturated heterocycles. The molecule has 0 bridgehead atoms. The number of aliphatic hydroxyl groups is 2. The highest BCUT2D eigenvalue weighted by Gasteiger charge is 2.42. The molecular formula is C17H17O7+. The van der Waals surface area contributed by atoms with Crippen molar-refractivity contribution in [2.24, 2.45) is 5.92 Å². The van der Waals surface area contributed by atoms with Crippen LogP contribution in [-0.2, 0) is 4.74 Å². The van der Waals surface area contributed by atoms with Crippen molar-refractivity contribution in [3.05, 3.63) is 53.2 Å². The lowest BCUT2D eigenvalue weighted by Crippen LogP contribution is -2.29. The van der Waals surface area contributed by atoms with Gasteiger partial charge in [0.05, 0.1) is 25.9 Å². The topological polar surface area (TPSA) is 111 Å². The third-order valence-electron chi connectivity index (χ3n) is 3.90. The summed E-state index contributed by atoms with van der Waals surface area (Å²) in [5.74, 6) is -0.774. The van der Waals surface area contributed by atoms with Crippen molar-refractivity contribution in [3.8, 4) is 17.2 Å². The molecule has 0 aromatic heterocycles. The molecule has 0 spiro atoms. The van der Waals surface area contributed by atoms with E-state index in [0.29, 0.717) is 11.3 Å². The minimum Gasteiger partial charge on any atom is -0.508 e. The maximum atomic E-state index is 10.3. The van der Waals surface area contributed by atoms with E-state index in [2.05, 4.69) is 0 Å². The number of ether oxygens (including phenoxy) is 2. The van der Waals surface area contributed by atoms with E-state index in [1.54, 1.807) is 0 Å². The van der Waals surface area contributed by atoms with Gasteiger partial charge in [-0.15, -0.1) is 0 Å². The molecule has 3 rings (SSSR count). The zero-order valence-electron chi connectivity index (χ0n) is 13.1. The molecular weight excluding hydrogens is 316 g/mol. The quantitative estimate of drug-likeness (QED) is 0.499. The van der Waals surface area contributed by atoms with Gasteiger partial charge in [0.1, 0.15) is 17.4 Å². The molecule has 7 nitrogen and oxygen atoms in total. The normalized spacial score (nSPS) is 22.6. The minimum atomic E-state index is -0.585. The summed E-state index contributed by atoms with van der Waals surface area (Å²) in [6, 6.07) is 2.67. The van der Waals surface area contributed by atoms with Crippen molar-refractivity contribution in [2.45, 2.75) is 6.10 Å². The van der Waals surface area contributed by atoms with Crippen molar-refractivity contribution in [1.29, 1.82) is 0 Å². The molecule has 1 aromatic rings. The number of allylic oxidation sites excluding steroid dienone is 2. The molecule has 24 heavy (non-hydrogen) atoms. The maximum Gasteiger partial charge on any atom is 0.392 e. The van der Waals surface area contributed by atoms with E-state index >= 15 is 0 Å². The van der Waals surface area contributed by atoms with Crippen LogP contribution >= 0.6 is 0 Å². The Hall–Kier alpha value is -3.09. The lowest BCUT2D eigenvalue weighted by molar-refractivity contribution is -0.323. The average molecular weight is 333 g/mol. The Morgan fingerprint density at radius 2 is 1.75 bits per heavy atom. The largest absolute Gasteiger partial charge is 0.508 e. The van der Waals surface area contributed by atoms with Crippen LogP contribution in [0.4, 0.5) is 0 Å². The molecule has 1 aliphatic carbocycles. The molecule has 1 heterocycles. The molecule has 2 atom stereocenters. The number of aliphatic hydroxyl groups excluding tert-OH is 2. The van der Waals surface area contributed by atoms with Crippen LogP contribution in [-0.4, -0.2) is 46.5 Å². The van der Waals surface area contributed by atoms with Crippen LogP contribution in [0.3, 0.4) is 0 Å². The number of ketones is 1. The van der Waals surface area contributed by atoms with Gasteiger partial charge in [-0.05, 0) is 6.08 Å². The van der Waals surface area contributed by atoms with Gasteiger partial charge >= 0.3 is 11.9 Å². The Labute approximate surface area is 137 Å². The summed E-state index contributed by atoms with van der Waals surface area (Å²) < 4.78 is 16.0. The van der Waals surface area contributed by atoms with Crippen molar-refractivity contribution >= 4 is 5.78 Å². The molecule has 2 aliphatic rings. The molecule has 0 amide bonds. The summed E-state index contributed by atoms with van der Waals surface area (Å²) in [6.45, 7) is 0. The van der Waals surface area contributed by atoms with E-state index in [1.807, 2.05) is 0 Å². The first kappa shape index (κ1) is 15.8. The van der Waals surface area contributed by atoms with Crippen molar-refractivity contribution in [1.82, 2.24) is 0 Å². The van der Waals surface area contributed by atoms with Crippen LogP contribution in [0.1, 0.15) is 9.99 Å².